The van der Waals surface area contributed by atoms with Crippen LogP contribution in [0.15, 0.2) is 53.1 Å². The molecule has 2 aromatic heterocycles. The highest BCUT2D eigenvalue weighted by Crippen LogP contribution is 2.29. The quantitative estimate of drug-likeness (QED) is 0.731. The molecule has 1 fully saturated rings. The summed E-state index contributed by atoms with van der Waals surface area (Å²) >= 11 is 0. The Kier molecular flexibility index (Phi) is 4.13. The average molecular weight is 331 g/mol. The van der Waals surface area contributed by atoms with Gasteiger partial charge in [-0.05, 0) is 24.1 Å². The number of nitrogens with zero attached hydrogens (tertiary/aromatic N) is 5. The van der Waals surface area contributed by atoms with E-state index in [4.69, 9.17) is 9.68 Å². The number of aromatic nitrogens is 3. The zero-order valence-electron chi connectivity index (χ0n) is 13.7. The molecule has 3 heterocycles. The molecule has 124 valence electrons. The van der Waals surface area contributed by atoms with Gasteiger partial charge in [0.05, 0.1) is 17.9 Å². The van der Waals surface area contributed by atoms with Gasteiger partial charge in [-0.1, -0.05) is 30.3 Å². The number of anilines is 1. The summed E-state index contributed by atoms with van der Waals surface area (Å²) in [6, 6.07) is 15.9. The van der Waals surface area contributed by atoms with E-state index in [1.807, 2.05) is 24.3 Å². The molecule has 6 nitrogen and oxygen atoms in total. The fourth-order valence-electron chi connectivity index (χ4n) is 3.08. The van der Waals surface area contributed by atoms with Crippen molar-refractivity contribution in [3.63, 3.8) is 0 Å². The Balaban J connectivity index is 1.42. The number of hydrogen-bond donors (Lipinski definition) is 0. The lowest BCUT2D eigenvalue weighted by atomic mass is 10.1. The zero-order valence-corrected chi connectivity index (χ0v) is 13.7. The second kappa shape index (κ2) is 6.73. The molecule has 1 saturated heterocycles. The number of benzene rings is 1. The Bertz CT molecular complexity index is 882. The third kappa shape index (κ3) is 3.36. The van der Waals surface area contributed by atoms with Crippen LogP contribution in [-0.2, 0) is 6.42 Å². The summed E-state index contributed by atoms with van der Waals surface area (Å²) in [6.07, 6.45) is 3.21. The molecule has 1 atom stereocenters. The number of hydrogen-bond acceptors (Lipinski definition) is 6. The van der Waals surface area contributed by atoms with Crippen molar-refractivity contribution in [3.05, 3.63) is 71.6 Å². The fraction of sp³-hybridized carbons (Fsp3) is 0.263. The minimum absolute atomic E-state index is 0.217. The third-order valence-corrected chi connectivity index (χ3v) is 4.42. The molecular weight excluding hydrogens is 314 g/mol. The summed E-state index contributed by atoms with van der Waals surface area (Å²) in [5.74, 6) is 2.44. The summed E-state index contributed by atoms with van der Waals surface area (Å²) in [5, 5.41) is 17.3. The van der Waals surface area contributed by atoms with Crippen molar-refractivity contribution in [3.8, 4) is 6.07 Å². The molecule has 4 rings (SSSR count). The van der Waals surface area contributed by atoms with Gasteiger partial charge in [0, 0.05) is 19.3 Å². The van der Waals surface area contributed by atoms with Crippen LogP contribution in [0.25, 0.3) is 0 Å². The predicted octanol–water partition coefficient (Wildman–Crippen LogP) is 2.92. The van der Waals surface area contributed by atoms with Crippen molar-refractivity contribution in [1.29, 1.82) is 5.26 Å². The van der Waals surface area contributed by atoms with Crippen LogP contribution in [0.1, 0.15) is 35.2 Å². The molecule has 6 heteroatoms. The zero-order chi connectivity index (χ0) is 17.1. The maximum absolute atomic E-state index is 8.86. The van der Waals surface area contributed by atoms with E-state index in [2.05, 4.69) is 38.3 Å². The maximum Gasteiger partial charge on any atom is 0.221 e. The summed E-state index contributed by atoms with van der Waals surface area (Å²) < 4.78 is 5.88. The van der Waals surface area contributed by atoms with E-state index in [0.717, 1.165) is 30.9 Å². The van der Waals surface area contributed by atoms with Crippen LogP contribution < -0.4 is 4.90 Å². The van der Waals surface area contributed by atoms with Gasteiger partial charge in [0.25, 0.3) is 0 Å². The first kappa shape index (κ1) is 15.3. The smallest absolute Gasteiger partial charge is 0.221 e. The molecule has 25 heavy (non-hydrogen) atoms. The fourth-order valence-corrected chi connectivity index (χ4v) is 3.08. The highest BCUT2D eigenvalue weighted by Gasteiger charge is 2.29. The van der Waals surface area contributed by atoms with Gasteiger partial charge in [0.2, 0.25) is 11.8 Å². The van der Waals surface area contributed by atoms with Crippen LogP contribution in [0.3, 0.4) is 0 Å². The molecule has 0 spiro atoms. The first-order valence-electron chi connectivity index (χ1n) is 8.29. The highest BCUT2D eigenvalue weighted by atomic mass is 16.4. The van der Waals surface area contributed by atoms with Crippen LogP contribution in [0.2, 0.25) is 0 Å². The topological polar surface area (TPSA) is 78.8 Å². The summed E-state index contributed by atoms with van der Waals surface area (Å²) in [7, 11) is 0. The lowest BCUT2D eigenvalue weighted by molar-refractivity contribution is 0.430. The molecule has 0 unspecified atom stereocenters. The largest absolute Gasteiger partial charge is 0.425 e. The Morgan fingerprint density at radius 3 is 2.80 bits per heavy atom. The van der Waals surface area contributed by atoms with E-state index >= 15 is 0 Å². The van der Waals surface area contributed by atoms with Crippen molar-refractivity contribution in [1.82, 2.24) is 15.2 Å². The maximum atomic E-state index is 8.86. The molecule has 0 bridgehead atoms. The van der Waals surface area contributed by atoms with E-state index in [0.29, 0.717) is 23.8 Å². The van der Waals surface area contributed by atoms with Crippen LogP contribution in [-0.4, -0.2) is 28.3 Å². The highest BCUT2D eigenvalue weighted by molar-refractivity contribution is 5.43. The first-order chi connectivity index (χ1) is 12.3. The molecule has 1 aliphatic rings. The van der Waals surface area contributed by atoms with Crippen molar-refractivity contribution in [2.75, 3.05) is 18.0 Å². The molecule has 0 aliphatic carbocycles. The summed E-state index contributed by atoms with van der Waals surface area (Å²) in [5.41, 5.74) is 1.73. The van der Waals surface area contributed by atoms with E-state index in [9.17, 15) is 0 Å². The predicted molar refractivity (Wildman–Crippen MR) is 92.1 cm³/mol. The van der Waals surface area contributed by atoms with Gasteiger partial charge >= 0.3 is 0 Å². The minimum atomic E-state index is 0.217. The second-order valence-electron chi connectivity index (χ2n) is 6.14. The summed E-state index contributed by atoms with van der Waals surface area (Å²) in [6.45, 7) is 1.69. The van der Waals surface area contributed by atoms with Gasteiger partial charge in [-0.2, -0.15) is 5.26 Å². The number of pyridine rings is 1. The third-order valence-electron chi connectivity index (χ3n) is 4.42. The van der Waals surface area contributed by atoms with E-state index in [1.165, 1.54) is 0 Å². The van der Waals surface area contributed by atoms with Gasteiger partial charge in [0.1, 0.15) is 11.9 Å². The number of rotatable bonds is 4. The van der Waals surface area contributed by atoms with Gasteiger partial charge < -0.3 is 9.32 Å². The monoisotopic (exact) mass is 331 g/mol. The average Bonchev–Trinajstić information content (AvgIpc) is 3.32. The van der Waals surface area contributed by atoms with E-state index < -0.39 is 0 Å². The lowest BCUT2D eigenvalue weighted by Crippen LogP contribution is -2.20. The molecule has 1 aromatic carbocycles. The lowest BCUT2D eigenvalue weighted by Gasteiger charge is -2.16. The van der Waals surface area contributed by atoms with Crippen LogP contribution >= 0.6 is 0 Å². The number of nitriles is 1. The van der Waals surface area contributed by atoms with E-state index in [-0.39, 0.29) is 5.92 Å². The minimum Gasteiger partial charge on any atom is -0.425 e. The van der Waals surface area contributed by atoms with Crippen molar-refractivity contribution >= 4 is 5.82 Å². The van der Waals surface area contributed by atoms with Gasteiger partial charge in [0.15, 0.2) is 0 Å². The van der Waals surface area contributed by atoms with Crippen LogP contribution in [0.4, 0.5) is 5.82 Å². The molecule has 1 aliphatic heterocycles. The van der Waals surface area contributed by atoms with Gasteiger partial charge in [-0.3, -0.25) is 0 Å². The first-order valence-corrected chi connectivity index (χ1v) is 8.29. The SMILES string of the molecule is N#Cc1ccc(N2CC[C@H](c3nnc(Cc4ccccc4)o3)C2)nc1. The molecule has 3 aromatic rings. The van der Waals surface area contributed by atoms with Crippen LogP contribution in [0.5, 0.6) is 0 Å². The Hall–Kier alpha value is -3.20. The molecule has 0 saturated carbocycles. The van der Waals surface area contributed by atoms with Crippen molar-refractivity contribution in [2.45, 2.75) is 18.8 Å². The molecule has 0 N–H and O–H groups in total. The molecule has 0 radical (unpaired) electrons. The van der Waals surface area contributed by atoms with Gasteiger partial charge in [-0.25, -0.2) is 4.98 Å². The van der Waals surface area contributed by atoms with Gasteiger partial charge in [-0.15, -0.1) is 10.2 Å². The molecular formula is C19H17N5O. The Labute approximate surface area is 145 Å². The van der Waals surface area contributed by atoms with Crippen molar-refractivity contribution in [2.24, 2.45) is 0 Å². The second-order valence-corrected chi connectivity index (χ2v) is 6.14. The van der Waals surface area contributed by atoms with Crippen molar-refractivity contribution < 1.29 is 4.42 Å². The normalized spacial score (nSPS) is 16.8. The molecule has 0 amide bonds. The Morgan fingerprint density at radius 1 is 1.16 bits per heavy atom. The standard InChI is InChI=1S/C19H17N5O/c20-11-15-6-7-17(21-12-15)24-9-8-16(13-24)19-23-22-18(25-19)10-14-4-2-1-3-5-14/h1-7,12,16H,8-10,13H2/t16-/m0/s1. The van der Waals surface area contributed by atoms with Crippen LogP contribution in [0, 0.1) is 11.3 Å². The summed E-state index contributed by atoms with van der Waals surface area (Å²) in [4.78, 5) is 6.54. The van der Waals surface area contributed by atoms with E-state index in [1.54, 1.807) is 12.3 Å². The Morgan fingerprint density at radius 2 is 2.04 bits per heavy atom.